The first-order chi connectivity index (χ1) is 5.68. The van der Waals surface area contributed by atoms with Gasteiger partial charge in [0.1, 0.15) is 5.52 Å². The zero-order chi connectivity index (χ0) is 8.72. The Labute approximate surface area is 73.2 Å². The number of aromatic amines is 1. The van der Waals surface area contributed by atoms with Crippen molar-refractivity contribution in [3.63, 3.8) is 0 Å². The van der Waals surface area contributed by atoms with Crippen LogP contribution >= 0.6 is 12.2 Å². The van der Waals surface area contributed by atoms with Crippen LogP contribution in [0.5, 0.6) is 0 Å². The molecule has 2 aromatic rings. The minimum absolute atomic E-state index is 0.320. The first-order valence-corrected chi connectivity index (χ1v) is 3.77. The van der Waals surface area contributed by atoms with E-state index in [1.807, 2.05) is 7.05 Å². The Morgan fingerprint density at radius 2 is 2.42 bits per heavy atom. The summed E-state index contributed by atoms with van der Waals surface area (Å²) in [7, 11) is 1.81. The van der Waals surface area contributed by atoms with E-state index in [2.05, 4.69) is 15.1 Å². The summed E-state index contributed by atoms with van der Waals surface area (Å²) in [5.41, 5.74) is 7.08. The number of hydrogen-bond donors (Lipinski definition) is 2. The Bertz CT molecular complexity index is 482. The Hall–Kier alpha value is -1.43. The van der Waals surface area contributed by atoms with Crippen LogP contribution in [0.15, 0.2) is 6.20 Å². The molecule has 0 saturated carbocycles. The fraction of sp³-hybridized carbons (Fsp3) is 0.167. The largest absolute Gasteiger partial charge is 0.369 e. The fourth-order valence-electron chi connectivity index (χ4n) is 1.11. The van der Waals surface area contributed by atoms with Crippen LogP contribution in [0.4, 0.5) is 5.95 Å². The molecule has 6 heteroatoms. The number of aryl methyl sites for hydroxylation is 1. The number of rotatable bonds is 0. The molecule has 2 heterocycles. The first kappa shape index (κ1) is 7.23. The molecule has 0 atom stereocenters. The SMILES string of the molecule is Cn1ncc2[nH]c(N)nc(=S)c21. The van der Waals surface area contributed by atoms with Crippen molar-refractivity contribution in [3.05, 3.63) is 10.8 Å². The van der Waals surface area contributed by atoms with Crippen molar-refractivity contribution in [1.82, 2.24) is 19.7 Å². The molecule has 0 spiro atoms. The fourth-order valence-corrected chi connectivity index (χ4v) is 1.45. The predicted octanol–water partition coefficient (Wildman–Crippen LogP) is 0.608. The second kappa shape index (κ2) is 2.28. The highest BCUT2D eigenvalue weighted by molar-refractivity contribution is 7.71. The molecule has 12 heavy (non-hydrogen) atoms. The molecule has 0 aliphatic heterocycles. The van der Waals surface area contributed by atoms with Gasteiger partial charge < -0.3 is 10.7 Å². The molecule has 2 rings (SSSR count). The molecule has 0 amide bonds. The van der Waals surface area contributed by atoms with Crippen LogP contribution in [-0.2, 0) is 7.05 Å². The van der Waals surface area contributed by atoms with Crippen molar-refractivity contribution in [2.75, 3.05) is 5.73 Å². The Morgan fingerprint density at radius 3 is 3.17 bits per heavy atom. The normalized spacial score (nSPS) is 10.8. The molecular formula is C6H7N5S. The van der Waals surface area contributed by atoms with E-state index in [-0.39, 0.29) is 0 Å². The summed E-state index contributed by atoms with van der Waals surface area (Å²) in [5.74, 6) is 0.320. The van der Waals surface area contributed by atoms with Gasteiger partial charge >= 0.3 is 0 Å². The van der Waals surface area contributed by atoms with Crippen LogP contribution in [0, 0.1) is 4.64 Å². The monoisotopic (exact) mass is 181 g/mol. The number of anilines is 1. The maximum absolute atomic E-state index is 5.46. The maximum Gasteiger partial charge on any atom is 0.199 e. The van der Waals surface area contributed by atoms with Gasteiger partial charge in [0.25, 0.3) is 0 Å². The summed E-state index contributed by atoms with van der Waals surface area (Å²) in [6, 6.07) is 0. The van der Waals surface area contributed by atoms with E-state index in [1.54, 1.807) is 10.9 Å². The van der Waals surface area contributed by atoms with Crippen LogP contribution in [0.25, 0.3) is 11.0 Å². The standard InChI is InChI=1S/C6H7N5S/c1-11-4-3(2-8-11)9-6(7)10-5(4)12/h2H,1H3,(H3,7,9,10,12). The first-order valence-electron chi connectivity index (χ1n) is 3.36. The number of hydrogen-bond acceptors (Lipinski definition) is 4. The molecule has 0 fully saturated rings. The average molecular weight is 181 g/mol. The summed E-state index contributed by atoms with van der Waals surface area (Å²) in [6.45, 7) is 0. The van der Waals surface area contributed by atoms with E-state index in [4.69, 9.17) is 18.0 Å². The zero-order valence-corrected chi connectivity index (χ0v) is 7.22. The molecule has 2 aromatic heterocycles. The van der Waals surface area contributed by atoms with Gasteiger partial charge in [-0.3, -0.25) is 4.68 Å². The quantitative estimate of drug-likeness (QED) is 0.584. The second-order valence-electron chi connectivity index (χ2n) is 2.46. The lowest BCUT2D eigenvalue weighted by Crippen LogP contribution is -1.97. The van der Waals surface area contributed by atoms with Gasteiger partial charge in [-0.1, -0.05) is 12.2 Å². The molecule has 0 aliphatic carbocycles. The van der Waals surface area contributed by atoms with E-state index in [9.17, 15) is 0 Å². The molecule has 0 radical (unpaired) electrons. The molecule has 5 nitrogen and oxygen atoms in total. The number of aromatic nitrogens is 4. The van der Waals surface area contributed by atoms with Crippen LogP contribution in [0.1, 0.15) is 0 Å². The summed E-state index contributed by atoms with van der Waals surface area (Å²) in [5, 5.41) is 4.02. The van der Waals surface area contributed by atoms with Crippen LogP contribution in [0.3, 0.4) is 0 Å². The summed E-state index contributed by atoms with van der Waals surface area (Å²) in [4.78, 5) is 6.78. The summed E-state index contributed by atoms with van der Waals surface area (Å²) in [6.07, 6.45) is 1.67. The van der Waals surface area contributed by atoms with Crippen molar-refractivity contribution >= 4 is 29.2 Å². The van der Waals surface area contributed by atoms with Gasteiger partial charge in [0.05, 0.1) is 11.7 Å². The van der Waals surface area contributed by atoms with Gasteiger partial charge in [0, 0.05) is 7.05 Å². The molecule has 0 aliphatic rings. The van der Waals surface area contributed by atoms with Gasteiger partial charge in [0.15, 0.2) is 10.6 Å². The van der Waals surface area contributed by atoms with Crippen molar-refractivity contribution in [1.29, 1.82) is 0 Å². The van der Waals surface area contributed by atoms with Gasteiger partial charge in [-0.25, -0.2) is 4.98 Å². The van der Waals surface area contributed by atoms with Gasteiger partial charge in [-0.15, -0.1) is 0 Å². The number of nitrogens with zero attached hydrogens (tertiary/aromatic N) is 3. The third-order valence-electron chi connectivity index (χ3n) is 1.63. The van der Waals surface area contributed by atoms with Crippen molar-refractivity contribution in [2.45, 2.75) is 0 Å². The van der Waals surface area contributed by atoms with Crippen molar-refractivity contribution in [3.8, 4) is 0 Å². The highest BCUT2D eigenvalue weighted by Crippen LogP contribution is 2.10. The highest BCUT2D eigenvalue weighted by atomic mass is 32.1. The van der Waals surface area contributed by atoms with E-state index >= 15 is 0 Å². The Morgan fingerprint density at radius 1 is 1.67 bits per heavy atom. The predicted molar refractivity (Wildman–Crippen MR) is 48.1 cm³/mol. The van der Waals surface area contributed by atoms with E-state index in [1.165, 1.54) is 0 Å². The van der Waals surface area contributed by atoms with Crippen LogP contribution < -0.4 is 5.73 Å². The molecule has 62 valence electrons. The lowest BCUT2D eigenvalue weighted by Gasteiger charge is -1.95. The van der Waals surface area contributed by atoms with E-state index < -0.39 is 0 Å². The van der Waals surface area contributed by atoms with Crippen molar-refractivity contribution < 1.29 is 0 Å². The topological polar surface area (TPSA) is 72.5 Å². The Kier molecular flexibility index (Phi) is 1.37. The molecular weight excluding hydrogens is 174 g/mol. The number of nitrogens with two attached hydrogens (primary N) is 1. The summed E-state index contributed by atoms with van der Waals surface area (Å²) < 4.78 is 2.14. The number of nitrogens with one attached hydrogen (secondary N) is 1. The second-order valence-corrected chi connectivity index (χ2v) is 2.84. The highest BCUT2D eigenvalue weighted by Gasteiger charge is 2.02. The lowest BCUT2D eigenvalue weighted by atomic mass is 10.5. The molecule has 3 N–H and O–H groups in total. The number of fused-ring (bicyclic) bond motifs is 1. The lowest BCUT2D eigenvalue weighted by molar-refractivity contribution is 0.794. The van der Waals surface area contributed by atoms with Gasteiger partial charge in [-0.05, 0) is 0 Å². The summed E-state index contributed by atoms with van der Waals surface area (Å²) >= 11 is 5.01. The smallest absolute Gasteiger partial charge is 0.199 e. The number of H-pyrrole nitrogens is 1. The molecule has 0 saturated heterocycles. The maximum atomic E-state index is 5.46. The third kappa shape index (κ3) is 0.884. The van der Waals surface area contributed by atoms with E-state index in [0.29, 0.717) is 10.6 Å². The van der Waals surface area contributed by atoms with Gasteiger partial charge in [0.2, 0.25) is 0 Å². The average Bonchev–Trinajstić information content (AvgIpc) is 2.31. The number of nitrogen functional groups attached to an aromatic ring is 1. The minimum atomic E-state index is 0.320. The molecule has 0 aromatic carbocycles. The molecule has 0 unspecified atom stereocenters. The van der Waals surface area contributed by atoms with Gasteiger partial charge in [-0.2, -0.15) is 5.10 Å². The zero-order valence-electron chi connectivity index (χ0n) is 6.40. The molecule has 0 bridgehead atoms. The minimum Gasteiger partial charge on any atom is -0.369 e. The van der Waals surface area contributed by atoms with Crippen molar-refractivity contribution in [2.24, 2.45) is 7.05 Å². The third-order valence-corrected chi connectivity index (χ3v) is 1.91. The van der Waals surface area contributed by atoms with Crippen LogP contribution in [-0.4, -0.2) is 19.7 Å². The Balaban J connectivity index is 3.03. The van der Waals surface area contributed by atoms with Crippen LogP contribution in [0.2, 0.25) is 0 Å². The van der Waals surface area contributed by atoms with E-state index in [0.717, 1.165) is 11.0 Å².